The van der Waals surface area contributed by atoms with Gasteiger partial charge in [-0.05, 0) is 32.5 Å². The minimum atomic E-state index is 0.548. The average Bonchev–Trinajstić information content (AvgIpc) is 2.62. The van der Waals surface area contributed by atoms with Crippen molar-refractivity contribution < 1.29 is 0 Å². The van der Waals surface area contributed by atoms with E-state index in [9.17, 15) is 0 Å². The molecular weight excluding hydrogens is 284 g/mol. The molecule has 0 aromatic carbocycles. The molecule has 0 atom stereocenters. The Morgan fingerprint density at radius 2 is 1.70 bits per heavy atom. The summed E-state index contributed by atoms with van der Waals surface area (Å²) in [4.78, 5) is 9.36. The number of nitrogens with zero attached hydrogens (tertiary/aromatic N) is 3. The average molecular weight is 325 g/mol. The van der Waals surface area contributed by atoms with Crippen LogP contribution in [0.15, 0.2) is 28.8 Å². The smallest absolute Gasteiger partial charge is 0.0401 e. The Morgan fingerprint density at radius 1 is 1.09 bits per heavy atom. The fourth-order valence-corrected chi connectivity index (χ4v) is 2.02. The SMILES string of the molecule is C/C=C/C=C(\C=NCCCN1CCN(C)CC1)CN.CC.CC. The molecule has 0 spiro atoms. The van der Waals surface area contributed by atoms with Gasteiger partial charge in [0.25, 0.3) is 0 Å². The molecular formula is C19H40N4. The standard InChI is InChI=1S/C15H28N4.2C2H6/c1-3-4-6-15(13-16)14-17-7-5-8-19-11-9-18(2)10-12-19;2*1-2/h3-4,6,14H,5,7-13,16H2,1-2H3;2*1-2H3/b4-3+,15-6-,17-14?;;. The van der Waals surface area contributed by atoms with Gasteiger partial charge in [-0.3, -0.25) is 4.99 Å². The van der Waals surface area contributed by atoms with E-state index in [-0.39, 0.29) is 0 Å². The van der Waals surface area contributed by atoms with E-state index in [0.29, 0.717) is 6.54 Å². The van der Waals surface area contributed by atoms with Gasteiger partial charge in [0, 0.05) is 45.5 Å². The molecule has 4 heteroatoms. The number of aliphatic imine (C=N–C) groups is 1. The van der Waals surface area contributed by atoms with Crippen LogP contribution < -0.4 is 5.73 Å². The molecule has 0 radical (unpaired) electrons. The van der Waals surface area contributed by atoms with E-state index >= 15 is 0 Å². The first-order chi connectivity index (χ1) is 11.3. The van der Waals surface area contributed by atoms with Crippen molar-refractivity contribution >= 4 is 6.21 Å². The largest absolute Gasteiger partial charge is 0.326 e. The maximum absolute atomic E-state index is 5.65. The van der Waals surface area contributed by atoms with Gasteiger partial charge in [0.05, 0.1) is 0 Å². The Labute approximate surface area is 145 Å². The van der Waals surface area contributed by atoms with E-state index < -0.39 is 0 Å². The summed E-state index contributed by atoms with van der Waals surface area (Å²) < 4.78 is 0. The highest BCUT2D eigenvalue weighted by Gasteiger charge is 2.12. The number of nitrogens with two attached hydrogens (primary N) is 1. The molecule has 4 nitrogen and oxygen atoms in total. The van der Waals surface area contributed by atoms with Crippen LogP contribution in [0.1, 0.15) is 41.0 Å². The summed E-state index contributed by atoms with van der Waals surface area (Å²) in [6.07, 6.45) is 9.05. The van der Waals surface area contributed by atoms with Crippen LogP contribution in [0.4, 0.5) is 0 Å². The molecule has 1 aliphatic heterocycles. The van der Waals surface area contributed by atoms with E-state index in [4.69, 9.17) is 5.73 Å². The van der Waals surface area contributed by atoms with E-state index in [0.717, 1.165) is 25.1 Å². The van der Waals surface area contributed by atoms with Gasteiger partial charge in [-0.25, -0.2) is 0 Å². The van der Waals surface area contributed by atoms with Gasteiger partial charge in [0.1, 0.15) is 0 Å². The molecule has 0 aromatic rings. The highest BCUT2D eigenvalue weighted by atomic mass is 15.2. The van der Waals surface area contributed by atoms with Crippen LogP contribution in [0.2, 0.25) is 0 Å². The third-order valence-corrected chi connectivity index (χ3v) is 3.35. The normalized spacial score (nSPS) is 16.9. The van der Waals surface area contributed by atoms with Crippen molar-refractivity contribution in [1.82, 2.24) is 9.80 Å². The molecule has 0 saturated carbocycles. The zero-order valence-electron chi connectivity index (χ0n) is 16.4. The molecule has 1 fully saturated rings. The van der Waals surface area contributed by atoms with E-state index in [1.807, 2.05) is 59.1 Å². The molecule has 136 valence electrons. The van der Waals surface area contributed by atoms with Crippen LogP contribution in [-0.4, -0.2) is 68.9 Å². The van der Waals surface area contributed by atoms with E-state index in [2.05, 4.69) is 21.8 Å². The third-order valence-electron chi connectivity index (χ3n) is 3.35. The fourth-order valence-electron chi connectivity index (χ4n) is 2.02. The summed E-state index contributed by atoms with van der Waals surface area (Å²) in [7, 11) is 2.19. The lowest BCUT2D eigenvalue weighted by molar-refractivity contribution is 0.153. The second kappa shape index (κ2) is 19.1. The number of hydrogen-bond donors (Lipinski definition) is 1. The number of likely N-dealkylation sites (N-methyl/N-ethyl adjacent to an activating group) is 1. The summed E-state index contributed by atoms with van der Waals surface area (Å²) in [5.41, 5.74) is 6.73. The molecule has 1 rings (SSSR count). The molecule has 1 heterocycles. The number of allylic oxidation sites excluding steroid dienone is 3. The minimum absolute atomic E-state index is 0.548. The molecule has 0 bridgehead atoms. The molecule has 0 aromatic heterocycles. The first-order valence-electron chi connectivity index (χ1n) is 9.19. The third kappa shape index (κ3) is 14.4. The Kier molecular flexibility index (Phi) is 20.1. The van der Waals surface area contributed by atoms with Gasteiger partial charge in [-0.1, -0.05) is 45.9 Å². The summed E-state index contributed by atoms with van der Waals surface area (Å²) >= 11 is 0. The number of rotatable bonds is 7. The molecule has 1 saturated heterocycles. The van der Waals surface area contributed by atoms with Gasteiger partial charge in [0.15, 0.2) is 0 Å². The molecule has 2 N–H and O–H groups in total. The maximum atomic E-state index is 5.65. The molecule has 1 aliphatic rings. The van der Waals surface area contributed by atoms with Crippen LogP contribution in [0, 0.1) is 0 Å². The van der Waals surface area contributed by atoms with Crippen molar-refractivity contribution in [3.63, 3.8) is 0 Å². The number of hydrogen-bond acceptors (Lipinski definition) is 4. The lowest BCUT2D eigenvalue weighted by Crippen LogP contribution is -2.44. The Bertz CT molecular complexity index is 313. The van der Waals surface area contributed by atoms with Crippen LogP contribution >= 0.6 is 0 Å². The minimum Gasteiger partial charge on any atom is -0.326 e. The van der Waals surface area contributed by atoms with Crippen molar-refractivity contribution in [2.75, 3.05) is 52.9 Å². The highest BCUT2D eigenvalue weighted by Crippen LogP contribution is 2.00. The molecule has 0 amide bonds. The van der Waals surface area contributed by atoms with E-state index in [1.54, 1.807) is 0 Å². The number of piperazine rings is 1. The first-order valence-corrected chi connectivity index (χ1v) is 9.19. The van der Waals surface area contributed by atoms with Crippen molar-refractivity contribution in [2.24, 2.45) is 10.7 Å². The lowest BCUT2D eigenvalue weighted by atomic mass is 10.2. The van der Waals surface area contributed by atoms with Gasteiger partial charge in [0.2, 0.25) is 0 Å². The zero-order valence-corrected chi connectivity index (χ0v) is 16.4. The van der Waals surface area contributed by atoms with Gasteiger partial charge >= 0.3 is 0 Å². The van der Waals surface area contributed by atoms with Crippen LogP contribution in [0.5, 0.6) is 0 Å². The van der Waals surface area contributed by atoms with E-state index in [1.165, 1.54) is 26.2 Å². The predicted octanol–water partition coefficient (Wildman–Crippen LogP) is 3.21. The van der Waals surface area contributed by atoms with Crippen LogP contribution in [-0.2, 0) is 0 Å². The summed E-state index contributed by atoms with van der Waals surface area (Å²) in [5.74, 6) is 0. The lowest BCUT2D eigenvalue weighted by Gasteiger charge is -2.32. The quantitative estimate of drug-likeness (QED) is 0.444. The fraction of sp³-hybridized carbons (Fsp3) is 0.737. The topological polar surface area (TPSA) is 44.9 Å². The van der Waals surface area contributed by atoms with Crippen molar-refractivity contribution in [3.8, 4) is 0 Å². The van der Waals surface area contributed by atoms with Crippen LogP contribution in [0.3, 0.4) is 0 Å². The van der Waals surface area contributed by atoms with Gasteiger partial charge < -0.3 is 15.5 Å². The first kappa shape index (κ1) is 24.3. The van der Waals surface area contributed by atoms with Crippen LogP contribution in [0.25, 0.3) is 0 Å². The maximum Gasteiger partial charge on any atom is 0.0401 e. The summed E-state index contributed by atoms with van der Waals surface area (Å²) in [5, 5.41) is 0. The summed E-state index contributed by atoms with van der Waals surface area (Å²) in [6, 6.07) is 0. The monoisotopic (exact) mass is 324 g/mol. The predicted molar refractivity (Wildman–Crippen MR) is 107 cm³/mol. The van der Waals surface area contributed by atoms with Gasteiger partial charge in [-0.15, -0.1) is 0 Å². The highest BCUT2D eigenvalue weighted by molar-refractivity contribution is 5.79. The van der Waals surface area contributed by atoms with Crippen molar-refractivity contribution in [2.45, 2.75) is 41.0 Å². The molecule has 0 unspecified atom stereocenters. The Morgan fingerprint density at radius 3 is 2.22 bits per heavy atom. The van der Waals surface area contributed by atoms with Crippen molar-refractivity contribution in [1.29, 1.82) is 0 Å². The van der Waals surface area contributed by atoms with Gasteiger partial charge in [-0.2, -0.15) is 0 Å². The molecule has 23 heavy (non-hydrogen) atoms. The summed E-state index contributed by atoms with van der Waals surface area (Å²) in [6.45, 7) is 17.3. The van der Waals surface area contributed by atoms with Crippen molar-refractivity contribution in [3.05, 3.63) is 23.8 Å². The zero-order chi connectivity index (χ0) is 17.9. The molecule has 0 aliphatic carbocycles. The Balaban J connectivity index is 0. The second-order valence-corrected chi connectivity index (χ2v) is 5.01. The second-order valence-electron chi connectivity index (χ2n) is 5.01. The Hall–Kier alpha value is -0.970.